The average Bonchev–Trinajstić information content (AvgIpc) is 2.39. The van der Waals surface area contributed by atoms with Crippen LogP contribution in [0.5, 0.6) is 0 Å². The maximum Gasteiger partial charge on any atom is 0.337 e. The second kappa shape index (κ2) is 5.21. The zero-order valence-electron chi connectivity index (χ0n) is 9.23. The van der Waals surface area contributed by atoms with Crippen LogP contribution in [-0.2, 0) is 4.74 Å². The molecule has 1 aromatic rings. The van der Waals surface area contributed by atoms with E-state index >= 15 is 0 Å². The molecule has 1 heterocycles. The van der Waals surface area contributed by atoms with Gasteiger partial charge in [0.15, 0.2) is 0 Å². The summed E-state index contributed by atoms with van der Waals surface area (Å²) in [5, 5.41) is 0. The van der Waals surface area contributed by atoms with Gasteiger partial charge in [0.2, 0.25) is 0 Å². The highest BCUT2D eigenvalue weighted by atomic mass is 32.2. The number of benzene rings is 1. The molecule has 0 unspecified atom stereocenters. The molecule has 0 atom stereocenters. The van der Waals surface area contributed by atoms with E-state index in [1.165, 1.54) is 24.0 Å². The van der Waals surface area contributed by atoms with Gasteiger partial charge in [-0.25, -0.2) is 4.79 Å². The predicted molar refractivity (Wildman–Crippen MR) is 67.7 cm³/mol. The number of hydrogen-bond donors (Lipinski definition) is 0. The quantitative estimate of drug-likeness (QED) is 0.736. The summed E-state index contributed by atoms with van der Waals surface area (Å²) in [7, 11) is 1.40. The summed E-state index contributed by atoms with van der Waals surface area (Å²) in [6.07, 6.45) is 3.38. The predicted octanol–water partition coefficient (Wildman–Crippen LogP) is 2.99. The maximum absolute atomic E-state index is 11.3. The molecule has 0 saturated carbocycles. The Morgan fingerprint density at radius 1 is 1.31 bits per heavy atom. The van der Waals surface area contributed by atoms with Crippen molar-refractivity contribution >= 4 is 23.3 Å². The Balaban J connectivity index is 2.18. The largest absolute Gasteiger partial charge is 0.465 e. The first kappa shape index (κ1) is 11.3. The van der Waals surface area contributed by atoms with Gasteiger partial charge < -0.3 is 4.74 Å². The van der Waals surface area contributed by atoms with E-state index in [1.54, 1.807) is 0 Å². The van der Waals surface area contributed by atoms with Crippen molar-refractivity contribution in [3.63, 3.8) is 0 Å². The second-order valence-corrected chi connectivity index (χ2v) is 4.77. The van der Waals surface area contributed by atoms with Gasteiger partial charge in [-0.3, -0.25) is 0 Å². The number of carbonyl (C=O) groups is 1. The first-order valence-electron chi connectivity index (χ1n) is 5.27. The number of carbonyl (C=O) groups excluding carboxylic acids is 1. The van der Waals surface area contributed by atoms with Crippen molar-refractivity contribution in [2.75, 3.05) is 18.6 Å². The molecule has 0 N–H and O–H groups in total. The molecule has 84 valence electrons. The standard InChI is InChI=1S/C13H14O2S/c1-15-13(14)12-4-2-10(3-5-12)11-6-8-16-9-7-11/h2-6H,7-9H2,1H3. The third kappa shape index (κ3) is 2.47. The lowest BCUT2D eigenvalue weighted by Crippen LogP contribution is -2.01. The fraction of sp³-hybridized carbons (Fsp3) is 0.308. The lowest BCUT2D eigenvalue weighted by Gasteiger charge is -2.12. The Kier molecular flexibility index (Phi) is 3.67. The molecular formula is C13H14O2S. The molecule has 0 amide bonds. The number of esters is 1. The van der Waals surface area contributed by atoms with E-state index in [0.29, 0.717) is 5.56 Å². The summed E-state index contributed by atoms with van der Waals surface area (Å²) in [6.45, 7) is 0. The van der Waals surface area contributed by atoms with Crippen LogP contribution in [0, 0.1) is 0 Å². The van der Waals surface area contributed by atoms with E-state index in [-0.39, 0.29) is 5.97 Å². The van der Waals surface area contributed by atoms with E-state index in [9.17, 15) is 4.79 Å². The highest BCUT2D eigenvalue weighted by Crippen LogP contribution is 2.25. The van der Waals surface area contributed by atoms with Crippen molar-refractivity contribution in [1.82, 2.24) is 0 Å². The molecule has 16 heavy (non-hydrogen) atoms. The van der Waals surface area contributed by atoms with Gasteiger partial charge in [0.25, 0.3) is 0 Å². The molecular weight excluding hydrogens is 220 g/mol. The van der Waals surface area contributed by atoms with E-state index in [4.69, 9.17) is 0 Å². The molecule has 0 radical (unpaired) electrons. The highest BCUT2D eigenvalue weighted by molar-refractivity contribution is 7.99. The minimum absolute atomic E-state index is 0.278. The number of rotatable bonds is 2. The topological polar surface area (TPSA) is 26.3 Å². The molecule has 0 aliphatic carbocycles. The SMILES string of the molecule is COC(=O)c1ccc(C2=CCSCC2)cc1. The first-order valence-corrected chi connectivity index (χ1v) is 6.42. The van der Waals surface area contributed by atoms with E-state index in [2.05, 4.69) is 10.8 Å². The summed E-state index contributed by atoms with van der Waals surface area (Å²) in [6, 6.07) is 7.63. The number of hydrogen-bond acceptors (Lipinski definition) is 3. The molecule has 0 aromatic heterocycles. The van der Waals surface area contributed by atoms with Crippen LogP contribution in [0.1, 0.15) is 22.3 Å². The van der Waals surface area contributed by atoms with Gasteiger partial charge in [-0.1, -0.05) is 18.2 Å². The molecule has 1 aromatic carbocycles. The summed E-state index contributed by atoms with van der Waals surface area (Å²) in [4.78, 5) is 11.3. The molecule has 0 bridgehead atoms. The van der Waals surface area contributed by atoms with Crippen LogP contribution in [-0.4, -0.2) is 24.6 Å². The first-order chi connectivity index (χ1) is 7.81. The van der Waals surface area contributed by atoms with Crippen LogP contribution < -0.4 is 0 Å². The van der Waals surface area contributed by atoms with Gasteiger partial charge >= 0.3 is 5.97 Å². The van der Waals surface area contributed by atoms with Crippen LogP contribution in [0.25, 0.3) is 5.57 Å². The smallest absolute Gasteiger partial charge is 0.337 e. The van der Waals surface area contributed by atoms with Crippen LogP contribution in [0.15, 0.2) is 30.3 Å². The maximum atomic E-state index is 11.3. The van der Waals surface area contributed by atoms with Crippen molar-refractivity contribution in [2.45, 2.75) is 6.42 Å². The summed E-state index contributed by atoms with van der Waals surface area (Å²) < 4.78 is 4.66. The van der Waals surface area contributed by atoms with Crippen molar-refractivity contribution in [1.29, 1.82) is 0 Å². The van der Waals surface area contributed by atoms with Crippen molar-refractivity contribution in [2.24, 2.45) is 0 Å². The lowest BCUT2D eigenvalue weighted by molar-refractivity contribution is 0.0601. The van der Waals surface area contributed by atoms with Gasteiger partial charge in [-0.2, -0.15) is 11.8 Å². The zero-order chi connectivity index (χ0) is 11.4. The van der Waals surface area contributed by atoms with Crippen LogP contribution in [0.3, 0.4) is 0 Å². The van der Waals surface area contributed by atoms with Crippen molar-refractivity contribution in [3.05, 3.63) is 41.5 Å². The van der Waals surface area contributed by atoms with Gasteiger partial charge in [-0.15, -0.1) is 0 Å². The van der Waals surface area contributed by atoms with Gasteiger partial charge in [0, 0.05) is 5.75 Å². The molecule has 0 fully saturated rings. The molecule has 2 rings (SSSR count). The molecule has 0 saturated heterocycles. The average molecular weight is 234 g/mol. The van der Waals surface area contributed by atoms with Crippen LogP contribution in [0.2, 0.25) is 0 Å². The van der Waals surface area contributed by atoms with Crippen LogP contribution in [0.4, 0.5) is 0 Å². The van der Waals surface area contributed by atoms with Crippen molar-refractivity contribution in [3.8, 4) is 0 Å². The molecule has 3 heteroatoms. The number of methoxy groups -OCH3 is 1. The zero-order valence-corrected chi connectivity index (χ0v) is 10.0. The number of thioether (sulfide) groups is 1. The Morgan fingerprint density at radius 3 is 2.62 bits per heavy atom. The van der Waals surface area contributed by atoms with Crippen LogP contribution >= 0.6 is 11.8 Å². The minimum Gasteiger partial charge on any atom is -0.465 e. The Bertz CT molecular complexity index is 406. The fourth-order valence-corrected chi connectivity index (χ4v) is 2.58. The minimum atomic E-state index is -0.278. The third-order valence-electron chi connectivity index (χ3n) is 2.64. The Labute approximate surface area is 99.7 Å². The normalized spacial score (nSPS) is 15.4. The van der Waals surface area contributed by atoms with Gasteiger partial charge in [0.05, 0.1) is 12.7 Å². The third-order valence-corrected chi connectivity index (χ3v) is 3.54. The monoisotopic (exact) mass is 234 g/mol. The second-order valence-electron chi connectivity index (χ2n) is 3.62. The highest BCUT2D eigenvalue weighted by Gasteiger charge is 2.08. The summed E-state index contributed by atoms with van der Waals surface area (Å²) >= 11 is 1.95. The molecule has 1 aliphatic heterocycles. The summed E-state index contributed by atoms with van der Waals surface area (Å²) in [5.74, 6) is 2.00. The van der Waals surface area contributed by atoms with E-state index < -0.39 is 0 Å². The molecule has 1 aliphatic rings. The number of allylic oxidation sites excluding steroid dienone is 1. The van der Waals surface area contributed by atoms with Gasteiger partial charge in [-0.05, 0) is 35.4 Å². The van der Waals surface area contributed by atoms with E-state index in [0.717, 1.165) is 12.2 Å². The number of ether oxygens (including phenoxy) is 1. The molecule has 2 nitrogen and oxygen atoms in total. The Morgan fingerprint density at radius 2 is 2.06 bits per heavy atom. The van der Waals surface area contributed by atoms with Crippen molar-refractivity contribution < 1.29 is 9.53 Å². The lowest BCUT2D eigenvalue weighted by atomic mass is 10.0. The fourth-order valence-electron chi connectivity index (χ4n) is 1.73. The van der Waals surface area contributed by atoms with Gasteiger partial charge in [0.1, 0.15) is 0 Å². The van der Waals surface area contributed by atoms with E-state index in [1.807, 2.05) is 36.0 Å². The summed E-state index contributed by atoms with van der Waals surface area (Å²) in [5.41, 5.74) is 3.21. The molecule has 0 spiro atoms. The Hall–Kier alpha value is -1.22.